The maximum absolute atomic E-state index is 12.5. The third-order valence-electron chi connectivity index (χ3n) is 4.94. The minimum Gasteiger partial charge on any atom is -0.325 e. The summed E-state index contributed by atoms with van der Waals surface area (Å²) in [5.41, 5.74) is 0.0245. The van der Waals surface area contributed by atoms with Crippen molar-refractivity contribution >= 4 is 5.91 Å². The van der Waals surface area contributed by atoms with Crippen molar-refractivity contribution in [2.45, 2.75) is 72.0 Å². The number of nitrogens with one attached hydrogen (secondary N) is 1. The van der Waals surface area contributed by atoms with Gasteiger partial charge in [-0.3, -0.25) is 10.1 Å². The van der Waals surface area contributed by atoms with Crippen molar-refractivity contribution in [2.24, 2.45) is 11.3 Å². The average molecular weight is 252 g/mol. The fourth-order valence-electron chi connectivity index (χ4n) is 2.66. The lowest BCUT2D eigenvalue weighted by atomic mass is 9.80. The molecule has 1 saturated carbocycles. The highest BCUT2D eigenvalue weighted by Crippen LogP contribution is 2.44. The quantitative estimate of drug-likeness (QED) is 0.816. The molecule has 3 nitrogen and oxygen atoms in total. The minimum absolute atomic E-state index is 0.160. The smallest absolute Gasteiger partial charge is 0.244 e. The number of carbonyl (C=O) groups excluding carboxylic acids is 1. The molecule has 1 unspecified atom stereocenters. The van der Waals surface area contributed by atoms with Crippen molar-refractivity contribution in [2.75, 3.05) is 6.54 Å². The molecule has 0 aromatic heterocycles. The lowest BCUT2D eigenvalue weighted by Gasteiger charge is -2.36. The number of nitrogens with zero attached hydrogens (tertiary/aromatic N) is 1. The van der Waals surface area contributed by atoms with Gasteiger partial charge in [0, 0.05) is 6.54 Å². The zero-order valence-corrected chi connectivity index (χ0v) is 12.5. The van der Waals surface area contributed by atoms with Gasteiger partial charge < -0.3 is 4.90 Å². The van der Waals surface area contributed by atoms with Gasteiger partial charge >= 0.3 is 0 Å². The third kappa shape index (κ3) is 2.29. The molecule has 2 aliphatic rings. The molecular weight excluding hydrogens is 224 g/mol. The van der Waals surface area contributed by atoms with Crippen LogP contribution in [0.25, 0.3) is 0 Å². The van der Waals surface area contributed by atoms with E-state index in [1.165, 1.54) is 0 Å². The molecule has 1 N–H and O–H groups in total. The van der Waals surface area contributed by atoms with E-state index in [2.05, 4.69) is 44.8 Å². The average Bonchev–Trinajstić information content (AvgIpc) is 3.01. The number of rotatable bonds is 5. The predicted octanol–water partition coefficient (Wildman–Crippen LogP) is 2.76. The highest BCUT2D eigenvalue weighted by atomic mass is 16.2. The van der Waals surface area contributed by atoms with Crippen LogP contribution >= 0.6 is 0 Å². The molecule has 2 rings (SSSR count). The van der Waals surface area contributed by atoms with E-state index in [-0.39, 0.29) is 17.1 Å². The molecule has 104 valence electrons. The van der Waals surface area contributed by atoms with E-state index in [9.17, 15) is 4.79 Å². The lowest BCUT2D eigenvalue weighted by molar-refractivity contribution is -0.132. The first kappa shape index (κ1) is 13.9. The molecule has 0 bridgehead atoms. The van der Waals surface area contributed by atoms with Crippen molar-refractivity contribution < 1.29 is 4.79 Å². The largest absolute Gasteiger partial charge is 0.325 e. The van der Waals surface area contributed by atoms with Gasteiger partial charge in [-0.2, -0.15) is 0 Å². The standard InChI is InChI=1S/C15H28N2O/c1-6-7-12-16-15(8-9-15)13(18)17(12)10-14(4,5)11(2)3/h11-12,16H,6-10H2,1-5H3. The molecule has 1 saturated heterocycles. The van der Waals surface area contributed by atoms with Crippen molar-refractivity contribution in [1.82, 2.24) is 10.2 Å². The Morgan fingerprint density at radius 2 is 2.06 bits per heavy atom. The van der Waals surface area contributed by atoms with Crippen molar-refractivity contribution in [3.05, 3.63) is 0 Å². The second kappa shape index (κ2) is 4.52. The summed E-state index contributed by atoms with van der Waals surface area (Å²) in [4.78, 5) is 14.7. The molecule has 2 fully saturated rings. The first-order valence-corrected chi connectivity index (χ1v) is 7.41. The Kier molecular flexibility index (Phi) is 3.48. The highest BCUT2D eigenvalue weighted by Gasteiger charge is 2.59. The van der Waals surface area contributed by atoms with Crippen LogP contribution in [0.4, 0.5) is 0 Å². The Hall–Kier alpha value is -0.570. The van der Waals surface area contributed by atoms with Crippen LogP contribution < -0.4 is 5.32 Å². The van der Waals surface area contributed by atoms with E-state index in [4.69, 9.17) is 0 Å². The van der Waals surface area contributed by atoms with E-state index in [1.807, 2.05) is 0 Å². The van der Waals surface area contributed by atoms with Crippen LogP contribution in [0, 0.1) is 11.3 Å². The zero-order valence-electron chi connectivity index (χ0n) is 12.5. The molecule has 1 aliphatic heterocycles. The van der Waals surface area contributed by atoms with E-state index < -0.39 is 0 Å². The summed E-state index contributed by atoms with van der Waals surface area (Å²) < 4.78 is 0. The van der Waals surface area contributed by atoms with E-state index >= 15 is 0 Å². The van der Waals surface area contributed by atoms with Gasteiger partial charge in [0.05, 0.1) is 11.7 Å². The van der Waals surface area contributed by atoms with Gasteiger partial charge in [0.1, 0.15) is 0 Å². The summed E-state index contributed by atoms with van der Waals surface area (Å²) in [6, 6.07) is 0. The Morgan fingerprint density at radius 1 is 1.44 bits per heavy atom. The normalized spacial score (nSPS) is 26.4. The van der Waals surface area contributed by atoms with Gasteiger partial charge in [-0.25, -0.2) is 0 Å². The van der Waals surface area contributed by atoms with Crippen molar-refractivity contribution in [3.63, 3.8) is 0 Å². The fraction of sp³-hybridized carbons (Fsp3) is 0.933. The van der Waals surface area contributed by atoms with E-state index in [1.54, 1.807) is 0 Å². The first-order valence-electron chi connectivity index (χ1n) is 7.41. The summed E-state index contributed by atoms with van der Waals surface area (Å²) in [5.74, 6) is 0.943. The number of carbonyl (C=O) groups is 1. The molecule has 0 aromatic rings. The number of hydrogen-bond acceptors (Lipinski definition) is 2. The molecule has 1 aliphatic carbocycles. The van der Waals surface area contributed by atoms with Gasteiger partial charge in [-0.15, -0.1) is 0 Å². The maximum Gasteiger partial charge on any atom is 0.244 e. The Bertz CT molecular complexity index is 331. The van der Waals surface area contributed by atoms with E-state index in [0.717, 1.165) is 32.2 Å². The molecular formula is C15H28N2O. The fourth-order valence-corrected chi connectivity index (χ4v) is 2.66. The van der Waals surface area contributed by atoms with Crippen LogP contribution in [0.15, 0.2) is 0 Å². The van der Waals surface area contributed by atoms with Crippen molar-refractivity contribution in [1.29, 1.82) is 0 Å². The molecule has 1 amide bonds. The van der Waals surface area contributed by atoms with Crippen LogP contribution in [0.5, 0.6) is 0 Å². The number of hydrogen-bond donors (Lipinski definition) is 1. The summed E-state index contributed by atoms with van der Waals surface area (Å²) >= 11 is 0. The van der Waals surface area contributed by atoms with E-state index in [0.29, 0.717) is 11.8 Å². The van der Waals surface area contributed by atoms with Crippen LogP contribution in [0.3, 0.4) is 0 Å². The van der Waals surface area contributed by atoms with Crippen LogP contribution in [-0.2, 0) is 4.79 Å². The molecule has 0 radical (unpaired) electrons. The summed E-state index contributed by atoms with van der Waals surface area (Å²) in [6.45, 7) is 12.1. The Labute approximate surface area is 111 Å². The van der Waals surface area contributed by atoms with Gasteiger partial charge in [0.25, 0.3) is 0 Å². The topological polar surface area (TPSA) is 32.3 Å². The minimum atomic E-state index is -0.160. The van der Waals surface area contributed by atoms with Gasteiger partial charge in [-0.05, 0) is 30.6 Å². The van der Waals surface area contributed by atoms with Gasteiger partial charge in [0.2, 0.25) is 5.91 Å². The molecule has 3 heteroatoms. The second-order valence-electron chi connectivity index (χ2n) is 7.11. The zero-order chi connectivity index (χ0) is 13.6. The summed E-state index contributed by atoms with van der Waals surface area (Å²) in [5, 5.41) is 3.58. The molecule has 0 aromatic carbocycles. The molecule has 1 heterocycles. The summed E-state index contributed by atoms with van der Waals surface area (Å²) in [6.07, 6.45) is 4.53. The monoisotopic (exact) mass is 252 g/mol. The van der Waals surface area contributed by atoms with Crippen LogP contribution in [-0.4, -0.2) is 29.1 Å². The molecule has 1 spiro atoms. The molecule has 1 atom stereocenters. The second-order valence-corrected chi connectivity index (χ2v) is 7.11. The first-order chi connectivity index (χ1) is 8.32. The SMILES string of the molecule is CCCC1NC2(CC2)C(=O)N1CC(C)(C)C(C)C. The predicted molar refractivity (Wildman–Crippen MR) is 74.1 cm³/mol. The molecule has 18 heavy (non-hydrogen) atoms. The lowest BCUT2D eigenvalue weighted by Crippen LogP contribution is -2.44. The van der Waals surface area contributed by atoms with Crippen molar-refractivity contribution in [3.8, 4) is 0 Å². The van der Waals surface area contributed by atoms with Gasteiger partial charge in [-0.1, -0.05) is 41.0 Å². The summed E-state index contributed by atoms with van der Waals surface area (Å²) in [7, 11) is 0. The maximum atomic E-state index is 12.5. The third-order valence-corrected chi connectivity index (χ3v) is 4.94. The van der Waals surface area contributed by atoms with Crippen LogP contribution in [0.1, 0.15) is 60.3 Å². The Morgan fingerprint density at radius 3 is 2.50 bits per heavy atom. The number of amides is 1. The highest BCUT2D eigenvalue weighted by molar-refractivity contribution is 5.91. The van der Waals surface area contributed by atoms with Gasteiger partial charge in [0.15, 0.2) is 0 Å². The van der Waals surface area contributed by atoms with Crippen LogP contribution in [0.2, 0.25) is 0 Å². The Balaban J connectivity index is 2.11.